The number of hydrogen-bond acceptors (Lipinski definition) is 3. The lowest BCUT2D eigenvalue weighted by atomic mass is 10.1. The molecule has 1 atom stereocenters. The van der Waals surface area contributed by atoms with Gasteiger partial charge in [-0.1, -0.05) is 0 Å². The molecule has 0 bridgehead atoms. The summed E-state index contributed by atoms with van der Waals surface area (Å²) in [5.41, 5.74) is 0. The van der Waals surface area contributed by atoms with Gasteiger partial charge >= 0.3 is 5.97 Å². The summed E-state index contributed by atoms with van der Waals surface area (Å²) in [5.74, 6) is -0.498. The van der Waals surface area contributed by atoms with E-state index < -0.39 is 0 Å². The number of esters is 1. The minimum atomic E-state index is -0.281. The van der Waals surface area contributed by atoms with Gasteiger partial charge in [0.15, 0.2) is 0 Å². The highest BCUT2D eigenvalue weighted by Gasteiger charge is 2.35. The molecular weight excluding hydrogens is 170 g/mol. The Morgan fingerprint density at radius 2 is 2.23 bits per heavy atom. The van der Waals surface area contributed by atoms with Crippen LogP contribution in [0.4, 0.5) is 0 Å². The molecule has 0 spiro atoms. The van der Waals surface area contributed by atoms with Crippen LogP contribution in [0.2, 0.25) is 0 Å². The normalized spacial score (nSPS) is 22.6. The molecule has 1 fully saturated rings. The summed E-state index contributed by atoms with van der Waals surface area (Å²) in [7, 11) is 1.35. The van der Waals surface area contributed by atoms with E-state index in [1.165, 1.54) is 7.11 Å². The fourth-order valence-corrected chi connectivity index (χ4v) is 1.56. The molecule has 0 radical (unpaired) electrons. The van der Waals surface area contributed by atoms with E-state index in [1.807, 2.05) is 13.8 Å². The van der Waals surface area contributed by atoms with Crippen LogP contribution in [0.25, 0.3) is 0 Å². The topological polar surface area (TPSA) is 46.6 Å². The highest BCUT2D eigenvalue weighted by molar-refractivity contribution is 5.86. The molecule has 4 nitrogen and oxygen atoms in total. The van der Waals surface area contributed by atoms with E-state index in [-0.39, 0.29) is 23.8 Å². The van der Waals surface area contributed by atoms with E-state index in [9.17, 15) is 9.59 Å². The number of nitrogens with zero attached hydrogens (tertiary/aromatic N) is 1. The fraction of sp³-hybridized carbons (Fsp3) is 0.778. The molecule has 0 aromatic heterocycles. The van der Waals surface area contributed by atoms with Gasteiger partial charge in [0.1, 0.15) is 0 Å². The Morgan fingerprint density at radius 3 is 2.62 bits per heavy atom. The molecule has 1 rings (SSSR count). The van der Waals surface area contributed by atoms with Gasteiger partial charge in [-0.25, -0.2) is 0 Å². The van der Waals surface area contributed by atoms with Gasteiger partial charge in [-0.15, -0.1) is 0 Å². The maximum absolute atomic E-state index is 11.4. The minimum Gasteiger partial charge on any atom is -0.469 e. The van der Waals surface area contributed by atoms with Gasteiger partial charge in [-0.05, 0) is 13.8 Å². The van der Waals surface area contributed by atoms with E-state index in [2.05, 4.69) is 4.74 Å². The molecule has 0 saturated carbocycles. The molecule has 1 heterocycles. The van der Waals surface area contributed by atoms with Crippen molar-refractivity contribution in [1.29, 1.82) is 0 Å². The van der Waals surface area contributed by atoms with Gasteiger partial charge in [0.25, 0.3) is 0 Å². The van der Waals surface area contributed by atoms with Crippen LogP contribution in [-0.2, 0) is 14.3 Å². The zero-order chi connectivity index (χ0) is 10.0. The van der Waals surface area contributed by atoms with Gasteiger partial charge < -0.3 is 9.64 Å². The number of hydrogen-bond donors (Lipinski definition) is 0. The van der Waals surface area contributed by atoms with E-state index in [0.717, 1.165) is 0 Å². The van der Waals surface area contributed by atoms with Crippen LogP contribution < -0.4 is 0 Å². The standard InChI is InChI=1S/C9H15NO3/c1-6(2)10-5-7(4-8(10)11)9(12)13-3/h6-7H,4-5H2,1-3H3/t7-/m1/s1. The van der Waals surface area contributed by atoms with Crippen molar-refractivity contribution < 1.29 is 14.3 Å². The molecule has 4 heteroatoms. The lowest BCUT2D eigenvalue weighted by Gasteiger charge is -2.20. The molecule has 0 aromatic carbocycles. The van der Waals surface area contributed by atoms with Crippen LogP contribution in [-0.4, -0.2) is 36.5 Å². The molecule has 0 N–H and O–H groups in total. The van der Waals surface area contributed by atoms with Crippen LogP contribution in [0.1, 0.15) is 20.3 Å². The molecular formula is C9H15NO3. The minimum absolute atomic E-state index is 0.0467. The molecule has 74 valence electrons. The number of likely N-dealkylation sites (tertiary alicyclic amines) is 1. The zero-order valence-corrected chi connectivity index (χ0v) is 8.24. The van der Waals surface area contributed by atoms with Gasteiger partial charge in [0.05, 0.1) is 13.0 Å². The smallest absolute Gasteiger partial charge is 0.310 e. The summed E-state index contributed by atoms with van der Waals surface area (Å²) >= 11 is 0. The second-order valence-electron chi connectivity index (χ2n) is 3.56. The first kappa shape index (κ1) is 10.0. The van der Waals surface area contributed by atoms with Gasteiger partial charge in [0.2, 0.25) is 5.91 Å². The SMILES string of the molecule is COC(=O)[C@@H]1CC(=O)N(C(C)C)C1. The van der Waals surface area contributed by atoms with Crippen LogP contribution in [0.3, 0.4) is 0 Å². The first-order valence-corrected chi connectivity index (χ1v) is 4.43. The van der Waals surface area contributed by atoms with Crippen molar-refractivity contribution in [3.05, 3.63) is 0 Å². The van der Waals surface area contributed by atoms with Crippen molar-refractivity contribution in [2.45, 2.75) is 26.3 Å². The van der Waals surface area contributed by atoms with Crippen molar-refractivity contribution in [3.8, 4) is 0 Å². The average molecular weight is 185 g/mol. The van der Waals surface area contributed by atoms with Crippen LogP contribution in [0, 0.1) is 5.92 Å². The molecule has 1 aliphatic heterocycles. The van der Waals surface area contributed by atoms with Gasteiger partial charge in [-0.2, -0.15) is 0 Å². The third-order valence-corrected chi connectivity index (χ3v) is 2.32. The maximum atomic E-state index is 11.4. The van der Waals surface area contributed by atoms with Crippen LogP contribution in [0.5, 0.6) is 0 Å². The Kier molecular flexibility index (Phi) is 2.90. The second-order valence-corrected chi connectivity index (χ2v) is 3.56. The lowest BCUT2D eigenvalue weighted by Crippen LogP contribution is -2.32. The van der Waals surface area contributed by atoms with Crippen LogP contribution >= 0.6 is 0 Å². The molecule has 1 amide bonds. The lowest BCUT2D eigenvalue weighted by molar-refractivity contribution is -0.145. The molecule has 0 aromatic rings. The van der Waals surface area contributed by atoms with Crippen molar-refractivity contribution in [3.63, 3.8) is 0 Å². The van der Waals surface area contributed by atoms with Gasteiger partial charge in [0, 0.05) is 19.0 Å². The van der Waals surface area contributed by atoms with E-state index in [1.54, 1.807) is 4.90 Å². The Labute approximate surface area is 77.8 Å². The van der Waals surface area contributed by atoms with E-state index >= 15 is 0 Å². The largest absolute Gasteiger partial charge is 0.469 e. The summed E-state index contributed by atoms with van der Waals surface area (Å²) < 4.78 is 4.59. The van der Waals surface area contributed by atoms with Crippen molar-refractivity contribution in [2.24, 2.45) is 5.92 Å². The summed E-state index contributed by atoms with van der Waals surface area (Å²) in [6, 6.07) is 0.169. The average Bonchev–Trinajstić information content (AvgIpc) is 2.46. The predicted molar refractivity (Wildman–Crippen MR) is 47.0 cm³/mol. The highest BCUT2D eigenvalue weighted by atomic mass is 16.5. The van der Waals surface area contributed by atoms with E-state index in [0.29, 0.717) is 13.0 Å². The molecule has 1 saturated heterocycles. The number of carbonyl (C=O) groups is 2. The first-order valence-electron chi connectivity index (χ1n) is 4.43. The molecule has 1 aliphatic rings. The molecule has 0 aliphatic carbocycles. The van der Waals surface area contributed by atoms with Crippen LogP contribution in [0.15, 0.2) is 0 Å². The second kappa shape index (κ2) is 3.77. The zero-order valence-electron chi connectivity index (χ0n) is 8.24. The summed E-state index contributed by atoms with van der Waals surface area (Å²) in [4.78, 5) is 24.2. The predicted octanol–water partition coefficient (Wildman–Crippen LogP) is 0.416. The molecule has 13 heavy (non-hydrogen) atoms. The summed E-state index contributed by atoms with van der Waals surface area (Å²) in [6.45, 7) is 4.39. The Hall–Kier alpha value is -1.06. The Morgan fingerprint density at radius 1 is 1.62 bits per heavy atom. The van der Waals surface area contributed by atoms with Crippen molar-refractivity contribution in [1.82, 2.24) is 4.90 Å². The maximum Gasteiger partial charge on any atom is 0.310 e. The Balaban J connectivity index is 2.60. The molecule has 0 unspecified atom stereocenters. The third-order valence-electron chi connectivity index (χ3n) is 2.32. The fourth-order valence-electron chi connectivity index (χ4n) is 1.56. The van der Waals surface area contributed by atoms with Crippen molar-refractivity contribution in [2.75, 3.05) is 13.7 Å². The summed E-state index contributed by atoms with van der Waals surface area (Å²) in [6.07, 6.45) is 0.296. The quantitative estimate of drug-likeness (QED) is 0.585. The number of carbonyl (C=O) groups excluding carboxylic acids is 2. The number of rotatable bonds is 2. The number of methoxy groups -OCH3 is 1. The summed E-state index contributed by atoms with van der Waals surface area (Å²) in [5, 5.41) is 0. The first-order chi connectivity index (χ1) is 6.06. The monoisotopic (exact) mass is 185 g/mol. The van der Waals surface area contributed by atoms with Crippen molar-refractivity contribution >= 4 is 11.9 Å². The van der Waals surface area contributed by atoms with E-state index in [4.69, 9.17) is 0 Å². The highest BCUT2D eigenvalue weighted by Crippen LogP contribution is 2.20. The Bertz CT molecular complexity index is 225. The third kappa shape index (κ3) is 1.99. The van der Waals surface area contributed by atoms with Gasteiger partial charge in [-0.3, -0.25) is 9.59 Å². The number of ether oxygens (including phenoxy) is 1. The number of amides is 1.